The van der Waals surface area contributed by atoms with Gasteiger partial charge in [-0.15, -0.1) is 5.10 Å². The molecule has 1 aromatic carbocycles. The fourth-order valence-corrected chi connectivity index (χ4v) is 3.99. The number of hydrogen-bond donors (Lipinski definition) is 1. The number of nitrogens with two attached hydrogens (primary N) is 1. The Balaban J connectivity index is 1.67. The lowest BCUT2D eigenvalue weighted by Crippen LogP contribution is -2.07. The molecule has 0 radical (unpaired) electrons. The lowest BCUT2D eigenvalue weighted by Gasteiger charge is -2.15. The van der Waals surface area contributed by atoms with Gasteiger partial charge in [0.1, 0.15) is 5.82 Å². The average molecular weight is 337 g/mol. The molecule has 3 aromatic rings. The molecule has 2 heterocycles. The number of imidazole rings is 1. The van der Waals surface area contributed by atoms with E-state index >= 15 is 0 Å². The standard InChI is InChI=1S/C18H19N5S/c19-17-11-10-13(21-22-17)12-24-18-20-15-8-4-5-9-16(15)23(18)14-6-2-1-3-7-14/h1-3,6-7,10-11H,4-5,8-9,12H2,(H2,19,22). The molecule has 5 nitrogen and oxygen atoms in total. The van der Waals surface area contributed by atoms with E-state index in [1.807, 2.05) is 12.1 Å². The number of rotatable bonds is 4. The Bertz CT molecular complexity index is 827. The van der Waals surface area contributed by atoms with Crippen molar-refractivity contribution in [1.29, 1.82) is 0 Å². The summed E-state index contributed by atoms with van der Waals surface area (Å²) in [5.41, 5.74) is 10.3. The van der Waals surface area contributed by atoms with Crippen LogP contribution in [0.1, 0.15) is 29.9 Å². The van der Waals surface area contributed by atoms with Crippen LogP contribution in [0.15, 0.2) is 47.6 Å². The molecule has 0 amide bonds. The predicted octanol–water partition coefficient (Wildman–Crippen LogP) is 3.42. The number of fused-ring (bicyclic) bond motifs is 1. The molecule has 0 unspecified atom stereocenters. The van der Waals surface area contributed by atoms with Crippen LogP contribution in [0.25, 0.3) is 5.69 Å². The summed E-state index contributed by atoms with van der Waals surface area (Å²) >= 11 is 1.70. The number of hydrogen-bond acceptors (Lipinski definition) is 5. The first-order valence-corrected chi connectivity index (χ1v) is 9.16. The number of anilines is 1. The highest BCUT2D eigenvalue weighted by atomic mass is 32.2. The topological polar surface area (TPSA) is 69.6 Å². The van der Waals surface area contributed by atoms with Crippen molar-refractivity contribution >= 4 is 17.6 Å². The molecule has 0 spiro atoms. The van der Waals surface area contributed by atoms with Crippen LogP contribution in [-0.2, 0) is 18.6 Å². The van der Waals surface area contributed by atoms with Gasteiger partial charge in [0.25, 0.3) is 0 Å². The van der Waals surface area contributed by atoms with Crippen LogP contribution < -0.4 is 5.73 Å². The summed E-state index contributed by atoms with van der Waals surface area (Å²) in [6.07, 6.45) is 4.63. The molecule has 0 bridgehead atoms. The van der Waals surface area contributed by atoms with Gasteiger partial charge < -0.3 is 5.73 Å². The highest BCUT2D eigenvalue weighted by Crippen LogP contribution is 2.31. The fourth-order valence-electron chi connectivity index (χ4n) is 3.04. The van der Waals surface area contributed by atoms with Crippen LogP contribution >= 0.6 is 11.8 Å². The number of aromatic nitrogens is 4. The Kier molecular flexibility index (Phi) is 4.21. The second-order valence-electron chi connectivity index (χ2n) is 5.90. The molecule has 2 aromatic heterocycles. The van der Waals surface area contributed by atoms with E-state index in [1.165, 1.54) is 29.9 Å². The third-order valence-electron chi connectivity index (χ3n) is 4.21. The second-order valence-corrected chi connectivity index (χ2v) is 6.85. The van der Waals surface area contributed by atoms with Gasteiger partial charge in [-0.1, -0.05) is 30.0 Å². The summed E-state index contributed by atoms with van der Waals surface area (Å²) < 4.78 is 2.31. The average Bonchev–Trinajstić information content (AvgIpc) is 3.00. The van der Waals surface area contributed by atoms with Crippen molar-refractivity contribution in [2.45, 2.75) is 36.6 Å². The van der Waals surface area contributed by atoms with Crippen molar-refractivity contribution in [3.05, 3.63) is 59.5 Å². The minimum atomic E-state index is 0.449. The molecular formula is C18H19N5S. The van der Waals surface area contributed by atoms with E-state index in [1.54, 1.807) is 17.8 Å². The van der Waals surface area contributed by atoms with Gasteiger partial charge in [0.05, 0.1) is 11.4 Å². The number of para-hydroxylation sites is 1. The molecular weight excluding hydrogens is 318 g/mol. The van der Waals surface area contributed by atoms with Gasteiger partial charge in [-0.25, -0.2) is 4.98 Å². The maximum absolute atomic E-state index is 5.60. The maximum atomic E-state index is 5.60. The molecule has 24 heavy (non-hydrogen) atoms. The smallest absolute Gasteiger partial charge is 0.173 e. The van der Waals surface area contributed by atoms with Crippen LogP contribution in [0.2, 0.25) is 0 Å². The molecule has 1 aliphatic rings. The molecule has 4 rings (SSSR count). The molecule has 0 saturated heterocycles. The van der Waals surface area contributed by atoms with Crippen LogP contribution in [0.5, 0.6) is 0 Å². The molecule has 6 heteroatoms. The van der Waals surface area contributed by atoms with Gasteiger partial charge in [0, 0.05) is 17.1 Å². The largest absolute Gasteiger partial charge is 0.382 e. The quantitative estimate of drug-likeness (QED) is 0.739. The predicted molar refractivity (Wildman–Crippen MR) is 96.2 cm³/mol. The zero-order valence-electron chi connectivity index (χ0n) is 13.4. The first kappa shape index (κ1) is 15.2. The maximum Gasteiger partial charge on any atom is 0.173 e. The first-order chi connectivity index (χ1) is 11.8. The van der Waals surface area contributed by atoms with Crippen molar-refractivity contribution < 1.29 is 0 Å². The fraction of sp³-hybridized carbons (Fsp3) is 0.278. The summed E-state index contributed by atoms with van der Waals surface area (Å²) in [4.78, 5) is 4.91. The molecule has 0 atom stereocenters. The third-order valence-corrected chi connectivity index (χ3v) is 5.18. The second kappa shape index (κ2) is 6.65. The normalized spacial score (nSPS) is 13.7. The monoisotopic (exact) mass is 337 g/mol. The highest BCUT2D eigenvalue weighted by Gasteiger charge is 2.21. The number of nitrogen functional groups attached to an aromatic ring is 1. The lowest BCUT2D eigenvalue weighted by atomic mass is 10.0. The molecule has 1 aliphatic carbocycles. The van der Waals surface area contributed by atoms with E-state index < -0.39 is 0 Å². The Morgan fingerprint density at radius 2 is 1.83 bits per heavy atom. The summed E-state index contributed by atoms with van der Waals surface area (Å²) in [6, 6.07) is 14.2. The minimum Gasteiger partial charge on any atom is -0.382 e. The Hall–Kier alpha value is -2.34. The van der Waals surface area contributed by atoms with Gasteiger partial charge in [-0.05, 0) is 49.9 Å². The van der Waals surface area contributed by atoms with Gasteiger partial charge in [0.15, 0.2) is 5.16 Å². The van der Waals surface area contributed by atoms with Crippen molar-refractivity contribution in [1.82, 2.24) is 19.7 Å². The summed E-state index contributed by atoms with van der Waals surface area (Å²) in [6.45, 7) is 0. The summed E-state index contributed by atoms with van der Waals surface area (Å²) in [7, 11) is 0. The minimum absolute atomic E-state index is 0.449. The Morgan fingerprint density at radius 3 is 2.62 bits per heavy atom. The van der Waals surface area contributed by atoms with E-state index in [0.717, 1.165) is 29.4 Å². The molecule has 0 aliphatic heterocycles. The number of aryl methyl sites for hydroxylation is 1. The SMILES string of the molecule is Nc1ccc(CSc2nc3c(n2-c2ccccc2)CCCC3)nn1. The number of benzene rings is 1. The van der Waals surface area contributed by atoms with Gasteiger partial charge in [-0.3, -0.25) is 4.57 Å². The van der Waals surface area contributed by atoms with Crippen LogP contribution in [0, 0.1) is 0 Å². The summed E-state index contributed by atoms with van der Waals surface area (Å²) in [5, 5.41) is 9.10. The number of nitrogens with zero attached hydrogens (tertiary/aromatic N) is 4. The van der Waals surface area contributed by atoms with Crippen LogP contribution in [-0.4, -0.2) is 19.7 Å². The molecule has 2 N–H and O–H groups in total. The van der Waals surface area contributed by atoms with Gasteiger partial charge >= 0.3 is 0 Å². The zero-order chi connectivity index (χ0) is 16.4. The Morgan fingerprint density at radius 1 is 1.00 bits per heavy atom. The zero-order valence-corrected chi connectivity index (χ0v) is 14.2. The van der Waals surface area contributed by atoms with E-state index in [9.17, 15) is 0 Å². The van der Waals surface area contributed by atoms with Crippen molar-refractivity contribution in [3.63, 3.8) is 0 Å². The first-order valence-electron chi connectivity index (χ1n) is 8.18. The highest BCUT2D eigenvalue weighted by molar-refractivity contribution is 7.98. The van der Waals surface area contributed by atoms with Crippen molar-refractivity contribution in [2.75, 3.05) is 5.73 Å². The lowest BCUT2D eigenvalue weighted by molar-refractivity contribution is 0.654. The third kappa shape index (κ3) is 3.01. The molecule has 122 valence electrons. The van der Waals surface area contributed by atoms with Gasteiger partial charge in [0.2, 0.25) is 0 Å². The van der Waals surface area contributed by atoms with Gasteiger partial charge in [-0.2, -0.15) is 5.10 Å². The van der Waals surface area contributed by atoms with Crippen LogP contribution in [0.3, 0.4) is 0 Å². The van der Waals surface area contributed by atoms with E-state index in [-0.39, 0.29) is 0 Å². The van der Waals surface area contributed by atoms with Crippen molar-refractivity contribution in [3.8, 4) is 5.69 Å². The number of thioether (sulfide) groups is 1. The molecule has 0 saturated carbocycles. The van der Waals surface area contributed by atoms with E-state index in [4.69, 9.17) is 10.7 Å². The van der Waals surface area contributed by atoms with Crippen molar-refractivity contribution in [2.24, 2.45) is 0 Å². The molecule has 0 fully saturated rings. The Labute approximate surface area is 145 Å². The van der Waals surface area contributed by atoms with E-state index in [2.05, 4.69) is 39.0 Å². The van der Waals surface area contributed by atoms with Crippen LogP contribution in [0.4, 0.5) is 5.82 Å². The van der Waals surface area contributed by atoms with E-state index in [0.29, 0.717) is 5.82 Å². The summed E-state index contributed by atoms with van der Waals surface area (Å²) in [5.74, 6) is 1.18.